The third kappa shape index (κ3) is 16.5. The number of sulfone groups is 1. The van der Waals surface area contributed by atoms with Crippen LogP contribution in [0.2, 0.25) is 0 Å². The summed E-state index contributed by atoms with van der Waals surface area (Å²) in [6.45, 7) is 6.66. The van der Waals surface area contributed by atoms with Gasteiger partial charge in [-0.1, -0.05) is 33.1 Å². The van der Waals surface area contributed by atoms with Crippen molar-refractivity contribution in [3.8, 4) is 0 Å². The van der Waals surface area contributed by atoms with Gasteiger partial charge >= 0.3 is 0 Å². The van der Waals surface area contributed by atoms with Crippen LogP contribution < -0.4 is 10.6 Å². The summed E-state index contributed by atoms with van der Waals surface area (Å²) >= 11 is 0. The number of hydrogen-bond acceptors (Lipinski definition) is 4. The molecule has 0 aliphatic heterocycles. The van der Waals surface area contributed by atoms with Crippen LogP contribution >= 0.6 is 24.0 Å². The van der Waals surface area contributed by atoms with Gasteiger partial charge in [0.1, 0.15) is 9.84 Å². The molecule has 1 atom stereocenters. The van der Waals surface area contributed by atoms with E-state index in [-0.39, 0.29) is 36.3 Å². The summed E-state index contributed by atoms with van der Waals surface area (Å²) in [6.07, 6.45) is 6.11. The topological polar surface area (TPSA) is 79.8 Å². The van der Waals surface area contributed by atoms with E-state index in [1.807, 2.05) is 0 Å². The van der Waals surface area contributed by atoms with Crippen molar-refractivity contribution in [1.82, 2.24) is 10.6 Å². The highest BCUT2D eigenvalue weighted by atomic mass is 127. The molecule has 0 aromatic carbocycles. The van der Waals surface area contributed by atoms with Crippen molar-refractivity contribution in [1.29, 1.82) is 0 Å². The molecule has 0 spiro atoms. The van der Waals surface area contributed by atoms with Gasteiger partial charge in [-0.15, -0.1) is 24.0 Å². The van der Waals surface area contributed by atoms with Crippen LogP contribution in [0.5, 0.6) is 0 Å². The Hall–Kier alpha value is -0.0900. The Labute approximate surface area is 159 Å². The number of nitrogens with one attached hydrogen (secondary N) is 2. The summed E-state index contributed by atoms with van der Waals surface area (Å²) in [7, 11) is -1.20. The van der Waals surface area contributed by atoms with Crippen molar-refractivity contribution >= 4 is 39.8 Å². The summed E-state index contributed by atoms with van der Waals surface area (Å²) in [5.74, 6) is 1.50. The second-order valence-corrected chi connectivity index (χ2v) is 7.80. The summed E-state index contributed by atoms with van der Waals surface area (Å²) in [5.41, 5.74) is 0. The number of nitrogens with zero attached hydrogens (tertiary/aromatic N) is 1. The molecule has 8 heteroatoms. The molecule has 6 nitrogen and oxygen atoms in total. The first-order chi connectivity index (χ1) is 10.4. The molecule has 0 aromatic heterocycles. The normalized spacial score (nSPS) is 13.3. The molecule has 23 heavy (non-hydrogen) atoms. The first kappa shape index (κ1) is 25.2. The average molecular weight is 463 g/mol. The van der Waals surface area contributed by atoms with Gasteiger partial charge in [0.25, 0.3) is 0 Å². The van der Waals surface area contributed by atoms with Gasteiger partial charge in [0.05, 0.1) is 19.0 Å². The van der Waals surface area contributed by atoms with Gasteiger partial charge in [-0.2, -0.15) is 0 Å². The smallest absolute Gasteiger partial charge is 0.191 e. The van der Waals surface area contributed by atoms with E-state index < -0.39 is 9.84 Å². The van der Waals surface area contributed by atoms with Crippen LogP contribution in [0, 0.1) is 5.92 Å². The fourth-order valence-electron chi connectivity index (χ4n) is 1.96. The van der Waals surface area contributed by atoms with Crippen LogP contribution in [-0.4, -0.2) is 59.7 Å². The van der Waals surface area contributed by atoms with Crippen molar-refractivity contribution in [3.05, 3.63) is 0 Å². The Bertz CT molecular complexity index is 403. The van der Waals surface area contributed by atoms with E-state index in [1.165, 1.54) is 31.9 Å². The van der Waals surface area contributed by atoms with Crippen LogP contribution in [0.4, 0.5) is 0 Å². The number of hydrogen-bond donors (Lipinski definition) is 2. The van der Waals surface area contributed by atoms with Gasteiger partial charge in [-0.05, 0) is 12.3 Å². The van der Waals surface area contributed by atoms with Gasteiger partial charge in [0.15, 0.2) is 5.96 Å². The van der Waals surface area contributed by atoms with Crippen LogP contribution in [-0.2, 0) is 14.6 Å². The Morgan fingerprint density at radius 2 is 1.91 bits per heavy atom. The van der Waals surface area contributed by atoms with Crippen molar-refractivity contribution in [2.24, 2.45) is 10.9 Å². The Morgan fingerprint density at radius 3 is 2.43 bits per heavy atom. The van der Waals surface area contributed by atoms with Crippen molar-refractivity contribution in [3.63, 3.8) is 0 Å². The lowest BCUT2D eigenvalue weighted by Crippen LogP contribution is -2.41. The lowest BCUT2D eigenvalue weighted by molar-refractivity contribution is 0.154. The summed E-state index contributed by atoms with van der Waals surface area (Å²) in [5, 5.41) is 6.50. The molecular formula is C15H34IN3O3S. The maximum Gasteiger partial charge on any atom is 0.191 e. The lowest BCUT2D eigenvalue weighted by Gasteiger charge is -2.18. The van der Waals surface area contributed by atoms with E-state index >= 15 is 0 Å². The summed E-state index contributed by atoms with van der Waals surface area (Å²) in [4.78, 5) is 4.17. The first-order valence-electron chi connectivity index (χ1n) is 8.12. The number of rotatable bonds is 12. The third-order valence-corrected chi connectivity index (χ3v) is 4.37. The Kier molecular flexibility index (Phi) is 16.9. The molecule has 140 valence electrons. The Balaban J connectivity index is 0. The minimum absolute atomic E-state index is 0. The number of halogens is 1. The summed E-state index contributed by atoms with van der Waals surface area (Å²) in [6, 6.07) is 0. The minimum Gasteiger partial charge on any atom is -0.379 e. The summed E-state index contributed by atoms with van der Waals surface area (Å²) < 4.78 is 27.2. The van der Waals surface area contributed by atoms with E-state index in [0.29, 0.717) is 19.1 Å². The lowest BCUT2D eigenvalue weighted by atomic mass is 9.99. The second-order valence-electron chi connectivity index (χ2n) is 5.54. The van der Waals surface area contributed by atoms with Crippen molar-refractivity contribution in [2.75, 3.05) is 45.4 Å². The van der Waals surface area contributed by atoms with E-state index in [2.05, 4.69) is 29.5 Å². The molecule has 0 saturated heterocycles. The monoisotopic (exact) mass is 463 g/mol. The maximum absolute atomic E-state index is 10.9. The average Bonchev–Trinajstić information content (AvgIpc) is 2.47. The molecule has 0 aromatic rings. The van der Waals surface area contributed by atoms with Gasteiger partial charge in [-0.3, -0.25) is 4.99 Å². The molecule has 0 heterocycles. The standard InChI is InChI=1S/C15H33N3O3S.HI/c1-5-7-8-14(6-2)13-18-15(16-3)17-9-10-21-11-12-22(4,19)20;/h14H,5-13H2,1-4H3,(H2,16,17,18);1H. The van der Waals surface area contributed by atoms with Gasteiger partial charge in [0.2, 0.25) is 0 Å². The third-order valence-electron chi connectivity index (χ3n) is 3.46. The zero-order valence-electron chi connectivity index (χ0n) is 14.9. The molecular weight excluding hydrogens is 429 g/mol. The van der Waals surface area contributed by atoms with Crippen molar-refractivity contribution < 1.29 is 13.2 Å². The zero-order chi connectivity index (χ0) is 16.8. The predicted octanol–water partition coefficient (Wildman–Crippen LogP) is 2.05. The number of aliphatic imine (C=N–C) groups is 1. The highest BCUT2D eigenvalue weighted by Crippen LogP contribution is 2.10. The Morgan fingerprint density at radius 1 is 1.22 bits per heavy atom. The van der Waals surface area contributed by atoms with Crippen LogP contribution in [0.15, 0.2) is 4.99 Å². The van der Waals surface area contributed by atoms with E-state index in [0.717, 1.165) is 12.5 Å². The molecule has 1 unspecified atom stereocenters. The highest BCUT2D eigenvalue weighted by Gasteiger charge is 2.07. The molecule has 0 rings (SSSR count). The van der Waals surface area contributed by atoms with Crippen LogP contribution in [0.25, 0.3) is 0 Å². The highest BCUT2D eigenvalue weighted by molar-refractivity contribution is 14.0. The van der Waals surface area contributed by atoms with Gasteiger partial charge in [0, 0.05) is 26.4 Å². The predicted molar refractivity (Wildman–Crippen MR) is 109 cm³/mol. The molecule has 0 amide bonds. The molecule has 0 aliphatic carbocycles. The largest absolute Gasteiger partial charge is 0.379 e. The number of unbranched alkanes of at least 4 members (excludes halogenated alkanes) is 1. The number of guanidine groups is 1. The van der Waals surface area contributed by atoms with Gasteiger partial charge < -0.3 is 15.4 Å². The molecule has 2 N–H and O–H groups in total. The fourth-order valence-corrected chi connectivity index (χ4v) is 2.38. The van der Waals surface area contributed by atoms with E-state index in [1.54, 1.807) is 7.05 Å². The first-order valence-corrected chi connectivity index (χ1v) is 10.2. The zero-order valence-corrected chi connectivity index (χ0v) is 18.1. The molecule has 0 radical (unpaired) electrons. The fraction of sp³-hybridized carbons (Fsp3) is 0.933. The quantitative estimate of drug-likeness (QED) is 0.201. The van der Waals surface area contributed by atoms with E-state index in [4.69, 9.17) is 4.74 Å². The molecule has 0 saturated carbocycles. The van der Waals surface area contributed by atoms with Gasteiger partial charge in [-0.25, -0.2) is 8.42 Å². The SMILES string of the molecule is CCCCC(CC)CNC(=NC)NCCOCCS(C)(=O)=O.I. The van der Waals surface area contributed by atoms with Crippen LogP contribution in [0.3, 0.4) is 0 Å². The minimum atomic E-state index is -2.94. The molecule has 0 bridgehead atoms. The molecule has 0 fully saturated rings. The number of ether oxygens (including phenoxy) is 1. The maximum atomic E-state index is 10.9. The van der Waals surface area contributed by atoms with Crippen LogP contribution in [0.1, 0.15) is 39.5 Å². The molecule has 0 aliphatic rings. The van der Waals surface area contributed by atoms with E-state index in [9.17, 15) is 8.42 Å². The van der Waals surface area contributed by atoms with Crippen molar-refractivity contribution in [2.45, 2.75) is 39.5 Å². The second kappa shape index (κ2) is 15.4.